The van der Waals surface area contributed by atoms with Gasteiger partial charge in [-0.05, 0) is 59.7 Å². The topological polar surface area (TPSA) is 83.3 Å². The molecule has 1 aromatic heterocycles. The van der Waals surface area contributed by atoms with Gasteiger partial charge < -0.3 is 19.5 Å². The molecular formula is C21H25N5O3. The Balaban J connectivity index is 1.73. The lowest BCUT2D eigenvalue weighted by molar-refractivity contribution is 0.392. The minimum absolute atomic E-state index is 0.384. The van der Waals surface area contributed by atoms with Crippen molar-refractivity contribution < 1.29 is 14.2 Å². The Morgan fingerprint density at radius 2 is 1.59 bits per heavy atom. The fraction of sp³-hybridized carbons (Fsp3) is 0.381. The molecule has 0 unspecified atom stereocenters. The maximum atomic E-state index is 5.59. The number of tetrazole rings is 1. The van der Waals surface area contributed by atoms with E-state index in [9.17, 15) is 0 Å². The second kappa shape index (κ2) is 7.98. The zero-order valence-electron chi connectivity index (χ0n) is 16.9. The first-order chi connectivity index (χ1) is 14.2. The molecule has 1 saturated carbocycles. The maximum Gasteiger partial charge on any atom is 0.181 e. The first-order valence-electron chi connectivity index (χ1n) is 9.62. The van der Waals surface area contributed by atoms with Crippen LogP contribution in [0.25, 0.3) is 5.69 Å². The minimum atomic E-state index is -0.384. The van der Waals surface area contributed by atoms with Crippen molar-refractivity contribution in [2.24, 2.45) is 0 Å². The molecule has 1 aliphatic rings. The summed E-state index contributed by atoms with van der Waals surface area (Å²) in [6, 6.07) is 13.5. The molecule has 0 amide bonds. The molecule has 1 fully saturated rings. The van der Waals surface area contributed by atoms with E-state index in [0.29, 0.717) is 0 Å². The Kier molecular flexibility index (Phi) is 5.24. The van der Waals surface area contributed by atoms with Crippen molar-refractivity contribution in [3.05, 3.63) is 48.3 Å². The van der Waals surface area contributed by atoms with Crippen LogP contribution in [0.4, 0.5) is 5.69 Å². The van der Waals surface area contributed by atoms with Crippen LogP contribution in [0.5, 0.6) is 17.2 Å². The molecule has 29 heavy (non-hydrogen) atoms. The highest BCUT2D eigenvalue weighted by atomic mass is 16.5. The summed E-state index contributed by atoms with van der Waals surface area (Å²) in [7, 11) is 4.95. The van der Waals surface area contributed by atoms with E-state index >= 15 is 0 Å². The Labute approximate surface area is 169 Å². The third kappa shape index (κ3) is 3.57. The van der Waals surface area contributed by atoms with Crippen molar-refractivity contribution in [2.45, 2.75) is 31.2 Å². The number of nitrogens with one attached hydrogen (secondary N) is 1. The number of nitrogens with zero attached hydrogens (tertiary/aromatic N) is 4. The molecule has 1 aliphatic carbocycles. The number of hydrogen-bond acceptors (Lipinski definition) is 7. The molecule has 0 saturated heterocycles. The van der Waals surface area contributed by atoms with E-state index < -0.39 is 0 Å². The molecule has 1 N–H and O–H groups in total. The SMILES string of the molecule is COc1ccc(-n2nnnc2C2(Nc3ccc(OC)cc3OC)CCCC2)cc1. The standard InChI is InChI=1S/C21H25N5O3/c1-27-16-8-6-15(7-9-16)26-20(23-24-25-26)21(12-4-5-13-21)22-18-11-10-17(28-2)14-19(18)29-3/h6-11,14,22H,4-5,12-13H2,1-3H3. The van der Waals surface area contributed by atoms with E-state index in [1.807, 2.05) is 42.5 Å². The molecule has 2 aromatic carbocycles. The van der Waals surface area contributed by atoms with Gasteiger partial charge in [0, 0.05) is 6.07 Å². The lowest BCUT2D eigenvalue weighted by Gasteiger charge is -2.31. The Morgan fingerprint density at radius 1 is 0.897 bits per heavy atom. The zero-order chi connectivity index (χ0) is 20.3. The van der Waals surface area contributed by atoms with Gasteiger partial charge in [-0.2, -0.15) is 4.68 Å². The van der Waals surface area contributed by atoms with E-state index in [0.717, 1.165) is 60.1 Å². The van der Waals surface area contributed by atoms with Crippen LogP contribution in [-0.2, 0) is 5.54 Å². The first kappa shape index (κ1) is 19.0. The van der Waals surface area contributed by atoms with Gasteiger partial charge in [-0.3, -0.25) is 0 Å². The van der Waals surface area contributed by atoms with Crippen molar-refractivity contribution in [3.63, 3.8) is 0 Å². The van der Waals surface area contributed by atoms with Gasteiger partial charge in [-0.1, -0.05) is 12.8 Å². The summed E-state index contributed by atoms with van der Waals surface area (Å²) in [5, 5.41) is 16.4. The minimum Gasteiger partial charge on any atom is -0.497 e. The fourth-order valence-corrected chi connectivity index (χ4v) is 3.93. The summed E-state index contributed by atoms with van der Waals surface area (Å²) < 4.78 is 18.0. The number of hydrogen-bond donors (Lipinski definition) is 1. The smallest absolute Gasteiger partial charge is 0.181 e. The van der Waals surface area contributed by atoms with Gasteiger partial charge in [0.05, 0.1) is 38.2 Å². The largest absolute Gasteiger partial charge is 0.497 e. The van der Waals surface area contributed by atoms with Crippen LogP contribution in [-0.4, -0.2) is 41.5 Å². The van der Waals surface area contributed by atoms with Crippen molar-refractivity contribution in [1.82, 2.24) is 20.2 Å². The molecule has 8 nitrogen and oxygen atoms in total. The monoisotopic (exact) mass is 395 g/mol. The van der Waals surface area contributed by atoms with E-state index in [1.54, 1.807) is 26.0 Å². The zero-order valence-corrected chi connectivity index (χ0v) is 16.9. The second-order valence-electron chi connectivity index (χ2n) is 7.09. The van der Waals surface area contributed by atoms with Gasteiger partial charge in [-0.25, -0.2) is 0 Å². The molecule has 1 heterocycles. The highest BCUT2D eigenvalue weighted by molar-refractivity contribution is 5.61. The average molecular weight is 395 g/mol. The van der Waals surface area contributed by atoms with Gasteiger partial charge in [-0.15, -0.1) is 5.10 Å². The number of ether oxygens (including phenoxy) is 3. The van der Waals surface area contributed by atoms with Gasteiger partial charge in [0.25, 0.3) is 0 Å². The van der Waals surface area contributed by atoms with Crippen LogP contribution in [0.3, 0.4) is 0 Å². The Bertz CT molecular complexity index is 965. The van der Waals surface area contributed by atoms with Crippen molar-refractivity contribution in [1.29, 1.82) is 0 Å². The summed E-state index contributed by atoms with van der Waals surface area (Å²) >= 11 is 0. The number of benzene rings is 2. The summed E-state index contributed by atoms with van der Waals surface area (Å²) in [4.78, 5) is 0. The van der Waals surface area contributed by atoms with Gasteiger partial charge in [0.1, 0.15) is 17.2 Å². The van der Waals surface area contributed by atoms with Crippen LogP contribution in [0.2, 0.25) is 0 Å². The number of methoxy groups -OCH3 is 3. The molecule has 0 radical (unpaired) electrons. The molecule has 0 aliphatic heterocycles. The van der Waals surface area contributed by atoms with Crippen molar-refractivity contribution in [2.75, 3.05) is 26.6 Å². The molecule has 4 rings (SSSR count). The Hall–Kier alpha value is -3.29. The second-order valence-corrected chi connectivity index (χ2v) is 7.09. The summed E-state index contributed by atoms with van der Waals surface area (Å²) in [6.45, 7) is 0. The van der Waals surface area contributed by atoms with Crippen molar-refractivity contribution >= 4 is 5.69 Å². The highest BCUT2D eigenvalue weighted by Crippen LogP contribution is 2.43. The third-order valence-corrected chi connectivity index (χ3v) is 5.45. The number of aromatic nitrogens is 4. The lowest BCUT2D eigenvalue weighted by atomic mass is 9.95. The van der Waals surface area contributed by atoms with Gasteiger partial charge in [0.15, 0.2) is 5.82 Å². The molecule has 152 valence electrons. The Morgan fingerprint density at radius 3 is 2.24 bits per heavy atom. The number of rotatable bonds is 7. The van der Waals surface area contributed by atoms with Crippen LogP contribution in [0.15, 0.2) is 42.5 Å². The first-order valence-corrected chi connectivity index (χ1v) is 9.62. The summed E-state index contributed by atoms with van der Waals surface area (Å²) in [6.07, 6.45) is 4.05. The molecule has 8 heteroatoms. The highest BCUT2D eigenvalue weighted by Gasteiger charge is 2.41. The van der Waals surface area contributed by atoms with Gasteiger partial charge in [0.2, 0.25) is 0 Å². The molecule has 3 aromatic rings. The summed E-state index contributed by atoms with van der Waals surface area (Å²) in [5.41, 5.74) is 1.39. The van der Waals surface area contributed by atoms with E-state index in [-0.39, 0.29) is 5.54 Å². The summed E-state index contributed by atoms with van der Waals surface area (Å²) in [5.74, 6) is 3.05. The quantitative estimate of drug-likeness (QED) is 0.655. The van der Waals surface area contributed by atoms with Crippen LogP contribution in [0, 0.1) is 0 Å². The maximum absolute atomic E-state index is 5.59. The molecule has 0 spiro atoms. The predicted molar refractivity (Wildman–Crippen MR) is 109 cm³/mol. The molecule has 0 atom stereocenters. The van der Waals surface area contributed by atoms with Gasteiger partial charge >= 0.3 is 0 Å². The van der Waals surface area contributed by atoms with Crippen molar-refractivity contribution in [3.8, 4) is 22.9 Å². The van der Waals surface area contributed by atoms with Crippen LogP contribution >= 0.6 is 0 Å². The fourth-order valence-electron chi connectivity index (χ4n) is 3.93. The third-order valence-electron chi connectivity index (χ3n) is 5.45. The van der Waals surface area contributed by atoms with E-state index in [2.05, 4.69) is 20.8 Å². The predicted octanol–water partition coefficient (Wildman–Crippen LogP) is 3.57. The lowest BCUT2D eigenvalue weighted by Crippen LogP contribution is -2.35. The normalized spacial score (nSPS) is 15.1. The van der Waals surface area contributed by atoms with Crippen LogP contribution in [0.1, 0.15) is 31.5 Å². The molecular weight excluding hydrogens is 370 g/mol. The van der Waals surface area contributed by atoms with Crippen LogP contribution < -0.4 is 19.5 Å². The number of anilines is 1. The average Bonchev–Trinajstić information content (AvgIpc) is 3.44. The molecule has 0 bridgehead atoms. The van der Waals surface area contributed by atoms with E-state index in [4.69, 9.17) is 14.2 Å². The van der Waals surface area contributed by atoms with E-state index in [1.165, 1.54) is 0 Å².